The van der Waals surface area contributed by atoms with Crippen molar-refractivity contribution in [1.82, 2.24) is 14.5 Å². The number of aryl methyl sites for hydroxylation is 2. The number of benzene rings is 1. The minimum atomic E-state index is -2.59. The van der Waals surface area contributed by atoms with Gasteiger partial charge < -0.3 is 9.88 Å². The Labute approximate surface area is 167 Å². The van der Waals surface area contributed by atoms with Gasteiger partial charge in [0.15, 0.2) is 0 Å². The molecule has 1 aromatic carbocycles. The first kappa shape index (κ1) is 19.5. The molecule has 29 heavy (non-hydrogen) atoms. The minimum Gasteiger partial charge on any atom is -0.363 e. The van der Waals surface area contributed by atoms with Crippen LogP contribution >= 0.6 is 0 Å². The van der Waals surface area contributed by atoms with E-state index in [0.717, 1.165) is 12.0 Å². The Bertz CT molecular complexity index is 1120. The summed E-state index contributed by atoms with van der Waals surface area (Å²) in [6.45, 7) is 5.88. The van der Waals surface area contributed by atoms with Crippen LogP contribution in [0, 0.1) is 6.92 Å². The van der Waals surface area contributed by atoms with Gasteiger partial charge in [-0.3, -0.25) is 4.79 Å². The smallest absolute Gasteiger partial charge is 0.261 e. The number of nitrogens with one attached hydrogen (secondary N) is 1. The SMILES string of the molecule is CCc1cccc([C@@H](C)Nc2nc(C)nc3cc(=O)n(C4(C(F)F)CC4)cc23)c1. The third-order valence-electron chi connectivity index (χ3n) is 5.70. The van der Waals surface area contributed by atoms with Crippen molar-refractivity contribution in [3.63, 3.8) is 0 Å². The highest BCUT2D eigenvalue weighted by atomic mass is 19.3. The lowest BCUT2D eigenvalue weighted by Crippen LogP contribution is -2.35. The maximum atomic E-state index is 13.6. The Morgan fingerprint density at radius 3 is 2.66 bits per heavy atom. The Balaban J connectivity index is 1.78. The van der Waals surface area contributed by atoms with Crippen molar-refractivity contribution in [3.8, 4) is 0 Å². The first-order chi connectivity index (χ1) is 13.8. The number of alkyl halides is 2. The van der Waals surface area contributed by atoms with Crippen LogP contribution in [-0.4, -0.2) is 21.0 Å². The summed E-state index contributed by atoms with van der Waals surface area (Å²) >= 11 is 0. The molecule has 0 saturated heterocycles. The largest absolute Gasteiger partial charge is 0.363 e. The molecule has 0 radical (unpaired) electrons. The zero-order valence-electron chi connectivity index (χ0n) is 16.7. The number of nitrogens with zero attached hydrogens (tertiary/aromatic N) is 3. The van der Waals surface area contributed by atoms with Crippen LogP contribution in [0.15, 0.2) is 41.3 Å². The van der Waals surface area contributed by atoms with Crippen LogP contribution in [-0.2, 0) is 12.0 Å². The molecule has 7 heteroatoms. The zero-order valence-corrected chi connectivity index (χ0v) is 16.7. The Morgan fingerprint density at radius 2 is 2.00 bits per heavy atom. The van der Waals surface area contributed by atoms with Crippen molar-refractivity contribution in [3.05, 3.63) is 63.8 Å². The van der Waals surface area contributed by atoms with E-state index in [0.29, 0.717) is 35.4 Å². The molecule has 2 aromatic heterocycles. The first-order valence-electron chi connectivity index (χ1n) is 9.89. The average molecular weight is 398 g/mol. The normalized spacial score (nSPS) is 16.2. The fourth-order valence-electron chi connectivity index (χ4n) is 3.74. The predicted molar refractivity (Wildman–Crippen MR) is 110 cm³/mol. The van der Waals surface area contributed by atoms with Crippen LogP contribution in [0.25, 0.3) is 10.9 Å². The summed E-state index contributed by atoms with van der Waals surface area (Å²) in [7, 11) is 0. The molecule has 0 aliphatic heterocycles. The fourth-order valence-corrected chi connectivity index (χ4v) is 3.74. The van der Waals surface area contributed by atoms with E-state index in [-0.39, 0.29) is 6.04 Å². The van der Waals surface area contributed by atoms with Gasteiger partial charge in [-0.25, -0.2) is 18.7 Å². The summed E-state index contributed by atoms with van der Waals surface area (Å²) in [5, 5.41) is 3.96. The third kappa shape index (κ3) is 3.50. The van der Waals surface area contributed by atoms with E-state index in [1.807, 2.05) is 19.1 Å². The number of hydrogen-bond acceptors (Lipinski definition) is 4. The lowest BCUT2D eigenvalue weighted by Gasteiger charge is -2.20. The van der Waals surface area contributed by atoms with Gasteiger partial charge in [0.25, 0.3) is 12.0 Å². The molecule has 0 spiro atoms. The number of halogens is 2. The number of aromatic nitrogens is 3. The summed E-state index contributed by atoms with van der Waals surface area (Å²) in [6, 6.07) is 9.56. The molecule has 152 valence electrons. The van der Waals surface area contributed by atoms with Crippen molar-refractivity contribution in [2.24, 2.45) is 0 Å². The summed E-state index contributed by atoms with van der Waals surface area (Å²) in [6.07, 6.45) is 0.444. The maximum Gasteiger partial charge on any atom is 0.261 e. The Hall–Kier alpha value is -2.83. The molecule has 1 atom stereocenters. The predicted octanol–water partition coefficient (Wildman–Crippen LogP) is 4.59. The molecular weight excluding hydrogens is 374 g/mol. The van der Waals surface area contributed by atoms with E-state index in [2.05, 4.69) is 34.3 Å². The van der Waals surface area contributed by atoms with E-state index in [1.165, 1.54) is 22.4 Å². The van der Waals surface area contributed by atoms with Crippen LogP contribution < -0.4 is 10.9 Å². The van der Waals surface area contributed by atoms with E-state index >= 15 is 0 Å². The van der Waals surface area contributed by atoms with Crippen LogP contribution in [0.4, 0.5) is 14.6 Å². The van der Waals surface area contributed by atoms with Gasteiger partial charge in [0, 0.05) is 18.3 Å². The highest BCUT2D eigenvalue weighted by Gasteiger charge is 2.53. The molecule has 1 N–H and O–H groups in total. The van der Waals surface area contributed by atoms with Crippen molar-refractivity contribution in [2.75, 3.05) is 5.32 Å². The topological polar surface area (TPSA) is 59.8 Å². The molecule has 3 aromatic rings. The second kappa shape index (κ2) is 7.21. The lowest BCUT2D eigenvalue weighted by atomic mass is 10.0. The fraction of sp³-hybridized carbons (Fsp3) is 0.409. The summed E-state index contributed by atoms with van der Waals surface area (Å²) in [4.78, 5) is 21.4. The number of fused-ring (bicyclic) bond motifs is 1. The quantitative estimate of drug-likeness (QED) is 0.660. The molecule has 2 heterocycles. The molecule has 1 saturated carbocycles. The second-order valence-electron chi connectivity index (χ2n) is 7.77. The highest BCUT2D eigenvalue weighted by molar-refractivity contribution is 5.88. The molecule has 4 rings (SSSR count). The highest BCUT2D eigenvalue weighted by Crippen LogP contribution is 2.48. The number of anilines is 1. The van der Waals surface area contributed by atoms with Gasteiger partial charge in [-0.05, 0) is 44.2 Å². The van der Waals surface area contributed by atoms with Crippen molar-refractivity contribution < 1.29 is 8.78 Å². The summed E-state index contributed by atoms with van der Waals surface area (Å²) < 4.78 is 28.4. The van der Waals surface area contributed by atoms with E-state index < -0.39 is 17.5 Å². The standard InChI is InChI=1S/C22H24F2N4O/c1-4-15-6-5-7-16(10-15)13(2)25-20-17-12-28(22(8-9-22)21(23)24)19(29)11-18(17)26-14(3)27-20/h5-7,10-13,21H,4,8-9H2,1-3H3,(H,25,26,27)/t13-/m1/s1. The number of hydrogen-bond donors (Lipinski definition) is 1. The van der Waals surface area contributed by atoms with Gasteiger partial charge in [-0.2, -0.15) is 0 Å². The van der Waals surface area contributed by atoms with Crippen LogP contribution in [0.2, 0.25) is 0 Å². The molecule has 1 aliphatic rings. The molecule has 0 bridgehead atoms. The molecule has 1 aliphatic carbocycles. The monoisotopic (exact) mass is 398 g/mol. The molecule has 0 amide bonds. The van der Waals surface area contributed by atoms with E-state index in [1.54, 1.807) is 6.92 Å². The van der Waals surface area contributed by atoms with Gasteiger partial charge >= 0.3 is 0 Å². The van der Waals surface area contributed by atoms with Crippen LogP contribution in [0.1, 0.15) is 49.7 Å². The second-order valence-corrected chi connectivity index (χ2v) is 7.77. The van der Waals surface area contributed by atoms with Crippen molar-refractivity contribution in [2.45, 2.75) is 58.0 Å². The van der Waals surface area contributed by atoms with Gasteiger partial charge in [0.05, 0.1) is 10.9 Å². The van der Waals surface area contributed by atoms with E-state index in [9.17, 15) is 13.6 Å². The lowest BCUT2D eigenvalue weighted by molar-refractivity contribution is 0.0654. The van der Waals surface area contributed by atoms with Gasteiger partial charge in [-0.15, -0.1) is 0 Å². The summed E-state index contributed by atoms with van der Waals surface area (Å²) in [5.74, 6) is 1.06. The van der Waals surface area contributed by atoms with Crippen LogP contribution in [0.3, 0.4) is 0 Å². The van der Waals surface area contributed by atoms with Gasteiger partial charge in [0.2, 0.25) is 0 Å². The van der Waals surface area contributed by atoms with E-state index in [4.69, 9.17) is 0 Å². The first-order valence-corrected chi connectivity index (χ1v) is 9.89. The molecule has 5 nitrogen and oxygen atoms in total. The number of pyridine rings is 1. The summed E-state index contributed by atoms with van der Waals surface area (Å²) in [5.41, 5.74) is 0.952. The van der Waals surface area contributed by atoms with Gasteiger partial charge in [-0.1, -0.05) is 31.2 Å². The Morgan fingerprint density at radius 1 is 1.24 bits per heavy atom. The Kier molecular flexibility index (Phi) is 4.84. The van der Waals surface area contributed by atoms with Crippen molar-refractivity contribution >= 4 is 16.7 Å². The van der Waals surface area contributed by atoms with Crippen molar-refractivity contribution in [1.29, 1.82) is 0 Å². The minimum absolute atomic E-state index is 0.0515. The van der Waals surface area contributed by atoms with Crippen LogP contribution in [0.5, 0.6) is 0 Å². The number of rotatable bonds is 6. The zero-order chi connectivity index (χ0) is 20.8. The molecule has 1 fully saturated rings. The third-order valence-corrected chi connectivity index (χ3v) is 5.70. The average Bonchev–Trinajstić information content (AvgIpc) is 3.49. The maximum absolute atomic E-state index is 13.6. The molecule has 0 unspecified atom stereocenters. The van der Waals surface area contributed by atoms with Gasteiger partial charge in [0.1, 0.15) is 17.2 Å². The molecular formula is C22H24F2N4O.